The van der Waals surface area contributed by atoms with Crippen LogP contribution in [-0.2, 0) is 14.4 Å². The Morgan fingerprint density at radius 1 is 1.11 bits per heavy atom. The standard InChI is InChI=1S/C20H28N2O6/c1-12(21-20(26)13-6-4-5-7-13)19(25)22-15(11-18(23)24)14-8-9-16(27-2)17(10-14)28-3/h8-10,12-13,15H,4-7,11H2,1-3H3,(H,21,26)(H,22,25)(H,23,24). The molecule has 0 aromatic heterocycles. The summed E-state index contributed by atoms with van der Waals surface area (Å²) >= 11 is 0. The third kappa shape index (κ3) is 5.61. The van der Waals surface area contributed by atoms with Crippen LogP contribution in [0.25, 0.3) is 0 Å². The van der Waals surface area contributed by atoms with E-state index in [1.54, 1.807) is 25.1 Å². The third-order valence-electron chi connectivity index (χ3n) is 4.98. The summed E-state index contributed by atoms with van der Waals surface area (Å²) in [4.78, 5) is 36.1. The van der Waals surface area contributed by atoms with Gasteiger partial charge in [-0.25, -0.2) is 0 Å². The fourth-order valence-corrected chi connectivity index (χ4v) is 3.38. The number of ether oxygens (including phenoxy) is 2. The molecule has 1 aliphatic carbocycles. The molecular formula is C20H28N2O6. The molecule has 28 heavy (non-hydrogen) atoms. The van der Waals surface area contributed by atoms with E-state index in [1.165, 1.54) is 14.2 Å². The maximum Gasteiger partial charge on any atom is 0.305 e. The number of benzene rings is 1. The smallest absolute Gasteiger partial charge is 0.305 e. The summed E-state index contributed by atoms with van der Waals surface area (Å²) in [6, 6.07) is 3.44. The van der Waals surface area contributed by atoms with Gasteiger partial charge in [0.25, 0.3) is 0 Å². The summed E-state index contributed by atoms with van der Waals surface area (Å²) in [7, 11) is 2.98. The number of carboxylic acid groups (broad SMARTS) is 1. The lowest BCUT2D eigenvalue weighted by Crippen LogP contribution is -2.47. The highest BCUT2D eigenvalue weighted by Gasteiger charge is 2.27. The molecule has 8 nitrogen and oxygen atoms in total. The van der Waals surface area contributed by atoms with Gasteiger partial charge in [0.05, 0.1) is 26.7 Å². The number of hydrogen-bond donors (Lipinski definition) is 3. The Bertz CT molecular complexity index is 715. The van der Waals surface area contributed by atoms with E-state index in [4.69, 9.17) is 9.47 Å². The van der Waals surface area contributed by atoms with E-state index in [2.05, 4.69) is 10.6 Å². The Morgan fingerprint density at radius 3 is 2.32 bits per heavy atom. The molecule has 0 bridgehead atoms. The number of carbonyl (C=O) groups is 3. The van der Waals surface area contributed by atoms with Crippen molar-refractivity contribution in [3.05, 3.63) is 23.8 Å². The normalized spacial score (nSPS) is 16.1. The highest BCUT2D eigenvalue weighted by atomic mass is 16.5. The zero-order chi connectivity index (χ0) is 20.7. The summed E-state index contributed by atoms with van der Waals surface area (Å²) in [5.41, 5.74) is 0.572. The first kappa shape index (κ1) is 21.5. The van der Waals surface area contributed by atoms with Crippen LogP contribution in [0.2, 0.25) is 0 Å². The van der Waals surface area contributed by atoms with Crippen molar-refractivity contribution in [2.45, 2.75) is 51.1 Å². The van der Waals surface area contributed by atoms with E-state index < -0.39 is 24.0 Å². The van der Waals surface area contributed by atoms with Gasteiger partial charge in [-0.05, 0) is 37.5 Å². The van der Waals surface area contributed by atoms with Crippen LogP contribution in [0.1, 0.15) is 50.6 Å². The van der Waals surface area contributed by atoms with Crippen LogP contribution in [0, 0.1) is 5.92 Å². The van der Waals surface area contributed by atoms with E-state index in [0.29, 0.717) is 17.1 Å². The molecule has 0 radical (unpaired) electrons. The molecule has 1 saturated carbocycles. The highest BCUT2D eigenvalue weighted by Crippen LogP contribution is 2.31. The second-order valence-corrected chi connectivity index (χ2v) is 6.99. The van der Waals surface area contributed by atoms with Crippen LogP contribution < -0.4 is 20.1 Å². The number of methoxy groups -OCH3 is 2. The summed E-state index contributed by atoms with van der Waals surface area (Å²) in [6.07, 6.45) is 3.43. The molecule has 2 rings (SSSR count). The van der Waals surface area contributed by atoms with Gasteiger partial charge in [0, 0.05) is 5.92 Å². The van der Waals surface area contributed by atoms with Gasteiger partial charge in [-0.15, -0.1) is 0 Å². The van der Waals surface area contributed by atoms with Gasteiger partial charge in [0.15, 0.2) is 11.5 Å². The van der Waals surface area contributed by atoms with Crippen molar-refractivity contribution in [2.24, 2.45) is 5.92 Å². The van der Waals surface area contributed by atoms with Gasteiger partial charge in [-0.1, -0.05) is 18.9 Å². The molecule has 3 N–H and O–H groups in total. The molecule has 8 heteroatoms. The molecule has 154 valence electrons. The summed E-state index contributed by atoms with van der Waals surface area (Å²) < 4.78 is 10.4. The van der Waals surface area contributed by atoms with Crippen molar-refractivity contribution in [3.8, 4) is 11.5 Å². The molecule has 0 heterocycles. The zero-order valence-electron chi connectivity index (χ0n) is 16.5. The predicted molar refractivity (Wildman–Crippen MR) is 102 cm³/mol. The van der Waals surface area contributed by atoms with Gasteiger partial charge in [-0.2, -0.15) is 0 Å². The minimum atomic E-state index is -1.05. The summed E-state index contributed by atoms with van der Waals surface area (Å²) in [5, 5.41) is 14.7. The van der Waals surface area contributed by atoms with Crippen molar-refractivity contribution in [2.75, 3.05) is 14.2 Å². The second kappa shape index (κ2) is 9.96. The molecule has 0 spiro atoms. The zero-order valence-corrected chi connectivity index (χ0v) is 16.5. The fourth-order valence-electron chi connectivity index (χ4n) is 3.38. The number of amides is 2. The maximum absolute atomic E-state index is 12.6. The van der Waals surface area contributed by atoms with Gasteiger partial charge >= 0.3 is 5.97 Å². The monoisotopic (exact) mass is 392 g/mol. The number of nitrogens with one attached hydrogen (secondary N) is 2. The average Bonchev–Trinajstić information content (AvgIpc) is 3.21. The number of carbonyl (C=O) groups excluding carboxylic acids is 2. The molecular weight excluding hydrogens is 364 g/mol. The average molecular weight is 392 g/mol. The van der Waals surface area contributed by atoms with E-state index in [0.717, 1.165) is 25.7 Å². The minimum Gasteiger partial charge on any atom is -0.493 e. The Labute approximate surface area is 164 Å². The van der Waals surface area contributed by atoms with Gasteiger partial charge in [0.2, 0.25) is 11.8 Å². The van der Waals surface area contributed by atoms with Crippen LogP contribution in [0.4, 0.5) is 0 Å². The Hall–Kier alpha value is -2.77. The first-order valence-corrected chi connectivity index (χ1v) is 9.40. The summed E-state index contributed by atoms with van der Waals surface area (Å²) in [5.74, 6) is -0.719. The van der Waals surface area contributed by atoms with Crippen LogP contribution in [0.15, 0.2) is 18.2 Å². The lowest BCUT2D eigenvalue weighted by Gasteiger charge is -2.22. The first-order chi connectivity index (χ1) is 13.3. The van der Waals surface area contributed by atoms with Gasteiger partial charge in [-0.3, -0.25) is 14.4 Å². The largest absolute Gasteiger partial charge is 0.493 e. The third-order valence-corrected chi connectivity index (χ3v) is 4.98. The van der Waals surface area contributed by atoms with Crippen LogP contribution in [0.3, 0.4) is 0 Å². The van der Waals surface area contributed by atoms with Crippen molar-refractivity contribution in [1.82, 2.24) is 10.6 Å². The lowest BCUT2D eigenvalue weighted by atomic mass is 10.0. The molecule has 2 amide bonds. The van der Waals surface area contributed by atoms with Crippen LogP contribution in [0.5, 0.6) is 11.5 Å². The fraction of sp³-hybridized carbons (Fsp3) is 0.550. The SMILES string of the molecule is COc1ccc(C(CC(=O)O)NC(=O)C(C)NC(=O)C2CCCC2)cc1OC. The molecule has 1 aliphatic rings. The molecule has 2 atom stereocenters. The molecule has 0 aliphatic heterocycles. The van der Waals surface area contributed by atoms with Crippen molar-refractivity contribution < 1.29 is 29.0 Å². The highest BCUT2D eigenvalue weighted by molar-refractivity contribution is 5.88. The van der Waals surface area contributed by atoms with E-state index in [1.807, 2.05) is 0 Å². The molecule has 1 aromatic carbocycles. The second-order valence-electron chi connectivity index (χ2n) is 6.99. The molecule has 0 saturated heterocycles. The van der Waals surface area contributed by atoms with Gasteiger partial charge < -0.3 is 25.2 Å². The number of hydrogen-bond acceptors (Lipinski definition) is 5. The number of carboxylic acids is 1. The van der Waals surface area contributed by atoms with Crippen LogP contribution in [-0.4, -0.2) is 43.2 Å². The Balaban J connectivity index is 2.09. The first-order valence-electron chi connectivity index (χ1n) is 9.40. The van der Waals surface area contributed by atoms with E-state index >= 15 is 0 Å². The van der Waals surface area contributed by atoms with Crippen molar-refractivity contribution in [3.63, 3.8) is 0 Å². The molecule has 1 fully saturated rings. The number of rotatable bonds is 9. The van der Waals surface area contributed by atoms with E-state index in [-0.39, 0.29) is 18.2 Å². The lowest BCUT2D eigenvalue weighted by molar-refractivity contribution is -0.138. The molecule has 2 unspecified atom stereocenters. The van der Waals surface area contributed by atoms with Gasteiger partial charge in [0.1, 0.15) is 6.04 Å². The minimum absolute atomic E-state index is 0.0454. The Morgan fingerprint density at radius 2 is 1.75 bits per heavy atom. The van der Waals surface area contributed by atoms with Crippen LogP contribution >= 0.6 is 0 Å². The maximum atomic E-state index is 12.6. The quantitative estimate of drug-likeness (QED) is 0.593. The van der Waals surface area contributed by atoms with Crippen molar-refractivity contribution >= 4 is 17.8 Å². The number of aliphatic carboxylic acids is 1. The van der Waals surface area contributed by atoms with E-state index in [9.17, 15) is 19.5 Å². The van der Waals surface area contributed by atoms with Crippen molar-refractivity contribution in [1.29, 1.82) is 0 Å². The topological polar surface area (TPSA) is 114 Å². The molecule has 1 aromatic rings. The Kier molecular flexibility index (Phi) is 7.66. The summed E-state index contributed by atoms with van der Waals surface area (Å²) in [6.45, 7) is 1.59. The predicted octanol–water partition coefficient (Wildman–Crippen LogP) is 2.03.